The molecule has 4 rings (SSSR count). The van der Waals surface area contributed by atoms with Crippen molar-refractivity contribution in [2.45, 2.75) is 45.6 Å². The molecule has 2 amide bonds. The van der Waals surface area contributed by atoms with E-state index in [0.717, 1.165) is 12.6 Å². The van der Waals surface area contributed by atoms with Crippen LogP contribution >= 0.6 is 20.8 Å². The Labute approximate surface area is 258 Å². The summed E-state index contributed by atoms with van der Waals surface area (Å²) in [4.78, 5) is 28.1. The summed E-state index contributed by atoms with van der Waals surface area (Å²) in [6.45, 7) is 7.31. The van der Waals surface area contributed by atoms with E-state index >= 15 is 0 Å². The molecule has 6 nitrogen and oxygen atoms in total. The molecule has 3 aromatic rings. The molecule has 1 N–H and O–H groups in total. The van der Waals surface area contributed by atoms with Crippen LogP contribution in [0.25, 0.3) is 0 Å². The van der Waals surface area contributed by atoms with Crippen molar-refractivity contribution in [3.63, 3.8) is 0 Å². The van der Waals surface area contributed by atoms with E-state index in [1.165, 1.54) is 20.8 Å². The van der Waals surface area contributed by atoms with Crippen molar-refractivity contribution in [2.24, 2.45) is 5.41 Å². The van der Waals surface area contributed by atoms with Gasteiger partial charge in [-0.05, 0) is 0 Å². The van der Waals surface area contributed by atoms with Crippen molar-refractivity contribution in [3.05, 3.63) is 91.0 Å². The van der Waals surface area contributed by atoms with Crippen molar-refractivity contribution in [3.8, 4) is 0 Å². The van der Waals surface area contributed by atoms with E-state index in [0.29, 0.717) is 32.6 Å². The molecule has 1 saturated heterocycles. The molecule has 42 heavy (non-hydrogen) atoms. The van der Waals surface area contributed by atoms with Gasteiger partial charge >= 0.3 is 260 Å². The van der Waals surface area contributed by atoms with Crippen molar-refractivity contribution >= 4 is 48.7 Å². The number of carbonyl (C=O) groups is 2. The summed E-state index contributed by atoms with van der Waals surface area (Å²) in [5.41, 5.74) is -1.32. The van der Waals surface area contributed by atoms with Crippen molar-refractivity contribution in [1.82, 2.24) is 10.2 Å². The number of rotatable bonds is 10. The minimum atomic E-state index is -3.07. The molecule has 3 aromatic carbocycles. The molecule has 0 bridgehead atoms. The molecule has 1 aliphatic rings. The molecule has 1 heterocycles. The molecule has 0 unspecified atom stereocenters. The van der Waals surface area contributed by atoms with Gasteiger partial charge in [0.25, 0.3) is 0 Å². The quantitative estimate of drug-likeness (QED) is 0.215. The van der Waals surface area contributed by atoms with E-state index in [1.807, 2.05) is 20.8 Å². The van der Waals surface area contributed by atoms with Gasteiger partial charge in [0.15, 0.2) is 0 Å². The first-order valence-corrected chi connectivity index (χ1v) is 19.1. The van der Waals surface area contributed by atoms with E-state index < -0.39 is 22.4 Å². The van der Waals surface area contributed by atoms with Gasteiger partial charge in [0.2, 0.25) is 0 Å². The number of nitrogens with zero attached hydrogens (tertiary/aromatic N) is 1. The zero-order valence-corrected chi connectivity index (χ0v) is 27.7. The molecule has 8 heteroatoms. The molecule has 0 aromatic heterocycles. The Bertz CT molecular complexity index is 1230. The summed E-state index contributed by atoms with van der Waals surface area (Å²) in [5, 5.41) is 3.96. The van der Waals surface area contributed by atoms with Crippen LogP contribution < -0.4 is 21.2 Å². The van der Waals surface area contributed by atoms with Crippen LogP contribution in [0.4, 0.5) is 4.79 Å². The third-order valence-corrected chi connectivity index (χ3v) is 18.1. The Kier molecular flexibility index (Phi) is 10.2. The number of hydrogen-bond acceptors (Lipinski definition) is 4. The Morgan fingerprint density at radius 2 is 1.33 bits per heavy atom. The number of amides is 2. The maximum absolute atomic E-state index is 13.8. The number of ether oxygens (including phenoxy) is 2. The molecule has 0 saturated carbocycles. The zero-order chi connectivity index (χ0) is 30.3. The first kappa shape index (κ1) is 32.2. The van der Waals surface area contributed by atoms with Crippen LogP contribution in [-0.4, -0.2) is 62.0 Å². The van der Waals surface area contributed by atoms with Crippen molar-refractivity contribution < 1.29 is 19.1 Å². The van der Waals surface area contributed by atoms with E-state index in [-0.39, 0.29) is 12.5 Å². The molecule has 226 valence electrons. The first-order valence-electron chi connectivity index (χ1n) is 14.7. The average Bonchev–Trinajstić information content (AvgIpc) is 3.00. The third-order valence-electron chi connectivity index (χ3n) is 8.10. The van der Waals surface area contributed by atoms with Crippen molar-refractivity contribution in [2.75, 3.05) is 39.5 Å². The van der Waals surface area contributed by atoms with Gasteiger partial charge in [0, 0.05) is 0 Å². The van der Waals surface area contributed by atoms with E-state index in [4.69, 9.17) is 9.47 Å². The Hall–Kier alpha value is -2.73. The molecule has 0 spiro atoms. The Morgan fingerprint density at radius 3 is 1.76 bits per heavy atom. The molecule has 1 aliphatic heterocycles. The fourth-order valence-electron chi connectivity index (χ4n) is 5.89. The van der Waals surface area contributed by atoms with E-state index in [9.17, 15) is 9.59 Å². The Morgan fingerprint density at radius 1 is 0.881 bits per heavy atom. The Balaban J connectivity index is 1.57. The van der Waals surface area contributed by atoms with Gasteiger partial charge in [-0.2, -0.15) is 0 Å². The zero-order valence-electron chi connectivity index (χ0n) is 25.2. The predicted octanol–water partition coefficient (Wildman–Crippen LogP) is 6.00. The second-order valence-corrected chi connectivity index (χ2v) is 21.3. The van der Waals surface area contributed by atoms with Crippen LogP contribution in [-0.2, 0) is 14.3 Å². The maximum atomic E-state index is 13.8. The summed E-state index contributed by atoms with van der Waals surface area (Å²) >= 11 is 4.49. The second kappa shape index (κ2) is 13.3. The molecule has 0 atom stereocenters. The van der Waals surface area contributed by atoms with Crippen LogP contribution in [0.15, 0.2) is 91.0 Å². The summed E-state index contributed by atoms with van der Waals surface area (Å²) in [5.74, 6) is -0.0322. The van der Waals surface area contributed by atoms with Gasteiger partial charge in [0.1, 0.15) is 0 Å². The number of carbonyl (C=O) groups excluding carboxylic acids is 2. The predicted molar refractivity (Wildman–Crippen MR) is 178 cm³/mol. The van der Waals surface area contributed by atoms with Gasteiger partial charge in [-0.3, -0.25) is 0 Å². The fraction of sp³-hybridized carbons (Fsp3) is 0.412. The van der Waals surface area contributed by atoms with Crippen LogP contribution in [0.5, 0.6) is 0 Å². The summed E-state index contributed by atoms with van der Waals surface area (Å²) < 4.78 is 11.2. The summed E-state index contributed by atoms with van der Waals surface area (Å²) in [6, 6.07) is 32.0. The van der Waals surface area contributed by atoms with Crippen molar-refractivity contribution in [1.29, 1.82) is 0 Å². The number of hydrogen-bond donors (Lipinski definition) is 1. The molecule has 0 aliphatic carbocycles. The number of nitrogens with one attached hydrogen (secondary N) is 1. The van der Waals surface area contributed by atoms with Crippen LogP contribution in [0.2, 0.25) is 0 Å². The summed E-state index contributed by atoms with van der Waals surface area (Å²) in [7, 11) is 1.70. The van der Waals surface area contributed by atoms with E-state index in [2.05, 4.69) is 112 Å². The molecule has 1 fully saturated rings. The van der Waals surface area contributed by atoms with Crippen LogP contribution in [0.3, 0.4) is 0 Å². The van der Waals surface area contributed by atoms with Gasteiger partial charge < -0.3 is 0 Å². The minimum absolute atomic E-state index is 0.0322. The van der Waals surface area contributed by atoms with Gasteiger partial charge in [-0.25, -0.2) is 0 Å². The number of halogens is 1. The van der Waals surface area contributed by atoms with Crippen LogP contribution in [0.1, 0.15) is 40.0 Å². The van der Waals surface area contributed by atoms with Gasteiger partial charge in [-0.1, -0.05) is 0 Å². The van der Waals surface area contributed by atoms with E-state index in [1.54, 1.807) is 7.05 Å². The normalized spacial score (nSPS) is 16.1. The topological polar surface area (TPSA) is 67.9 Å². The van der Waals surface area contributed by atoms with Gasteiger partial charge in [0.05, 0.1) is 0 Å². The second-order valence-electron chi connectivity index (χ2n) is 12.3. The monoisotopic (exact) mass is 654 g/mol. The first-order chi connectivity index (χ1) is 20.0. The molecular weight excluding hydrogens is 611 g/mol. The standard InChI is InChI=1S/C34H44BrN2O4P/c1-33(2,3)41-32(39)37(4)27-34(21-24-40-25-22-34)31(38)36-23-14-26-42(35,28-15-8-5-9-16-28,29-17-10-6-11-18-29)30-19-12-7-13-20-30/h5-13,15-20H,14,21-27H2,1-4H3,(H,36,38). The average molecular weight is 656 g/mol. The SMILES string of the molecule is CN(CC1(C(=O)NCCCP(Br)(c2ccccc2)(c2ccccc2)c2ccccc2)CCOCC1)C(=O)OC(C)(C)C. The van der Waals surface area contributed by atoms with Crippen LogP contribution in [0, 0.1) is 5.41 Å². The van der Waals surface area contributed by atoms with Gasteiger partial charge in [-0.15, -0.1) is 0 Å². The fourth-order valence-corrected chi connectivity index (χ4v) is 13.6. The third kappa shape index (κ3) is 6.90. The number of benzene rings is 3. The molecule has 0 radical (unpaired) electrons. The molecular formula is C34H44BrN2O4P. The summed E-state index contributed by atoms with van der Waals surface area (Å²) in [6.07, 6.45) is 2.29.